The molecule has 0 saturated heterocycles. The normalized spacial score (nSPS) is 23.1. The number of benzene rings is 1. The lowest BCUT2D eigenvalue weighted by Gasteiger charge is -2.29. The van der Waals surface area contributed by atoms with Crippen molar-refractivity contribution < 1.29 is 19.3 Å². The van der Waals surface area contributed by atoms with Crippen molar-refractivity contribution in [2.45, 2.75) is 44.5 Å². The predicted octanol–water partition coefficient (Wildman–Crippen LogP) is 2.52. The number of ether oxygens (including phenoxy) is 3. The minimum atomic E-state index is 0.00577. The summed E-state index contributed by atoms with van der Waals surface area (Å²) in [5.41, 5.74) is 0.822. The average Bonchev–Trinajstić information content (AvgIpc) is 2.48. The van der Waals surface area contributed by atoms with Crippen molar-refractivity contribution in [2.75, 3.05) is 14.2 Å². The Labute approximate surface area is 114 Å². The minimum absolute atomic E-state index is 0.00577. The second-order valence-corrected chi connectivity index (χ2v) is 4.91. The molecule has 0 amide bonds. The lowest BCUT2D eigenvalue weighted by molar-refractivity contribution is 0.0201. The lowest BCUT2D eigenvalue weighted by atomic mass is 9.95. The predicted molar refractivity (Wildman–Crippen MR) is 72.6 cm³/mol. The molecule has 0 bridgehead atoms. The van der Waals surface area contributed by atoms with Crippen molar-refractivity contribution in [1.82, 2.24) is 0 Å². The fourth-order valence-electron chi connectivity index (χ4n) is 2.51. The Kier molecular flexibility index (Phi) is 5.05. The number of methoxy groups -OCH3 is 2. The quantitative estimate of drug-likeness (QED) is 0.889. The Morgan fingerprint density at radius 1 is 1.16 bits per heavy atom. The molecule has 2 atom stereocenters. The topological polar surface area (TPSA) is 47.9 Å². The van der Waals surface area contributed by atoms with Crippen LogP contribution in [0.4, 0.5) is 0 Å². The van der Waals surface area contributed by atoms with E-state index in [9.17, 15) is 0 Å². The van der Waals surface area contributed by atoms with Crippen molar-refractivity contribution in [3.63, 3.8) is 0 Å². The van der Waals surface area contributed by atoms with Crippen molar-refractivity contribution in [3.8, 4) is 11.5 Å². The van der Waals surface area contributed by atoms with Gasteiger partial charge in [-0.1, -0.05) is 6.07 Å². The highest BCUT2D eigenvalue weighted by atomic mass is 16.5. The van der Waals surface area contributed by atoms with Crippen LogP contribution in [-0.4, -0.2) is 31.5 Å². The molecule has 4 nitrogen and oxygen atoms in total. The molecule has 4 heteroatoms. The van der Waals surface area contributed by atoms with Crippen LogP contribution in [0.3, 0.4) is 0 Å². The summed E-state index contributed by atoms with van der Waals surface area (Å²) in [5, 5.41) is 9.12. The van der Waals surface area contributed by atoms with Crippen molar-refractivity contribution in [1.29, 1.82) is 0 Å². The third kappa shape index (κ3) is 3.61. The molecular weight excluding hydrogens is 244 g/mol. The van der Waals surface area contributed by atoms with Gasteiger partial charge in [0, 0.05) is 13.5 Å². The average molecular weight is 266 g/mol. The summed E-state index contributed by atoms with van der Waals surface area (Å²) in [4.78, 5) is 0. The third-order valence-electron chi connectivity index (χ3n) is 3.62. The fourth-order valence-corrected chi connectivity index (χ4v) is 2.51. The van der Waals surface area contributed by atoms with Crippen LogP contribution in [0.25, 0.3) is 0 Å². The highest BCUT2D eigenvalue weighted by molar-refractivity contribution is 5.42. The summed E-state index contributed by atoms with van der Waals surface area (Å²) >= 11 is 0. The van der Waals surface area contributed by atoms with Gasteiger partial charge >= 0.3 is 0 Å². The zero-order valence-electron chi connectivity index (χ0n) is 11.6. The molecule has 2 rings (SSSR count). The monoisotopic (exact) mass is 266 g/mol. The minimum Gasteiger partial charge on any atom is -0.493 e. The molecular formula is C15H22O4. The Hall–Kier alpha value is -1.26. The summed E-state index contributed by atoms with van der Waals surface area (Å²) in [7, 11) is 3.37. The lowest BCUT2D eigenvalue weighted by Crippen LogP contribution is -2.29. The number of aliphatic hydroxyl groups is 1. The van der Waals surface area contributed by atoms with Crippen LogP contribution in [0.1, 0.15) is 31.2 Å². The summed E-state index contributed by atoms with van der Waals surface area (Å²) < 4.78 is 16.7. The Balaban J connectivity index is 2.05. The summed E-state index contributed by atoms with van der Waals surface area (Å²) in [6.07, 6.45) is 4.66. The first kappa shape index (κ1) is 14.2. The molecule has 0 spiro atoms. The van der Waals surface area contributed by atoms with Gasteiger partial charge in [0.25, 0.3) is 0 Å². The maximum atomic E-state index is 9.12. The molecule has 1 aromatic carbocycles. The second kappa shape index (κ2) is 6.78. The first-order valence-corrected chi connectivity index (χ1v) is 6.74. The van der Waals surface area contributed by atoms with Crippen LogP contribution in [0.2, 0.25) is 0 Å². The van der Waals surface area contributed by atoms with Gasteiger partial charge in [-0.2, -0.15) is 0 Å². The molecule has 19 heavy (non-hydrogen) atoms. The van der Waals surface area contributed by atoms with E-state index in [0.717, 1.165) is 37.0 Å². The molecule has 1 saturated carbocycles. The summed E-state index contributed by atoms with van der Waals surface area (Å²) in [6.45, 7) is 0.00577. The first-order valence-electron chi connectivity index (χ1n) is 6.74. The van der Waals surface area contributed by atoms with Crippen molar-refractivity contribution in [2.24, 2.45) is 0 Å². The highest BCUT2D eigenvalue weighted by Crippen LogP contribution is 2.32. The maximum Gasteiger partial charge on any atom is 0.161 e. The zero-order valence-corrected chi connectivity index (χ0v) is 11.6. The molecule has 1 aliphatic carbocycles. The molecule has 0 aromatic heterocycles. The van der Waals surface area contributed by atoms with E-state index >= 15 is 0 Å². The molecule has 1 N–H and O–H groups in total. The molecule has 1 aliphatic rings. The van der Waals surface area contributed by atoms with Crippen LogP contribution in [0.15, 0.2) is 18.2 Å². The van der Waals surface area contributed by atoms with Crippen molar-refractivity contribution in [3.05, 3.63) is 23.8 Å². The first-order chi connectivity index (χ1) is 9.26. The molecule has 2 unspecified atom stereocenters. The fraction of sp³-hybridized carbons (Fsp3) is 0.600. The number of aliphatic hydroxyl groups excluding tert-OH is 1. The van der Waals surface area contributed by atoms with Gasteiger partial charge < -0.3 is 19.3 Å². The van der Waals surface area contributed by atoms with Gasteiger partial charge in [-0.15, -0.1) is 0 Å². The molecule has 1 fully saturated rings. The van der Waals surface area contributed by atoms with Gasteiger partial charge in [-0.25, -0.2) is 0 Å². The van der Waals surface area contributed by atoms with Crippen LogP contribution in [0.5, 0.6) is 11.5 Å². The van der Waals surface area contributed by atoms with E-state index in [1.54, 1.807) is 14.2 Å². The van der Waals surface area contributed by atoms with E-state index < -0.39 is 0 Å². The van der Waals surface area contributed by atoms with E-state index in [0.29, 0.717) is 11.9 Å². The zero-order chi connectivity index (χ0) is 13.7. The number of hydrogen-bond donors (Lipinski definition) is 1. The molecule has 106 valence electrons. The summed E-state index contributed by atoms with van der Waals surface area (Å²) in [5.74, 6) is 1.41. The van der Waals surface area contributed by atoms with Crippen LogP contribution in [0, 0.1) is 0 Å². The summed E-state index contributed by atoms with van der Waals surface area (Å²) in [6, 6.07) is 5.53. The van der Waals surface area contributed by atoms with Gasteiger partial charge in [-0.05, 0) is 37.0 Å². The van der Waals surface area contributed by atoms with Crippen molar-refractivity contribution >= 4 is 0 Å². The van der Waals surface area contributed by atoms with Crippen LogP contribution >= 0.6 is 0 Å². The Morgan fingerprint density at radius 2 is 1.95 bits per heavy atom. The molecule has 0 aliphatic heterocycles. The van der Waals surface area contributed by atoms with Gasteiger partial charge in [0.15, 0.2) is 11.5 Å². The second-order valence-electron chi connectivity index (χ2n) is 4.91. The van der Waals surface area contributed by atoms with E-state index in [1.807, 2.05) is 18.2 Å². The van der Waals surface area contributed by atoms with E-state index in [4.69, 9.17) is 19.3 Å². The molecule has 0 radical (unpaired) electrons. The van der Waals surface area contributed by atoms with Gasteiger partial charge in [0.05, 0.1) is 19.8 Å². The highest BCUT2D eigenvalue weighted by Gasteiger charge is 2.24. The Bertz CT molecular complexity index is 405. The SMILES string of the molecule is COc1cc(CO)ccc1OC1CCCC(OC)C1. The van der Waals surface area contributed by atoms with Gasteiger partial charge in [0.2, 0.25) is 0 Å². The standard InChI is InChI=1S/C15H22O4/c1-17-12-4-3-5-13(9-12)19-14-7-6-11(10-16)8-15(14)18-2/h6-8,12-13,16H,3-5,9-10H2,1-2H3. The van der Waals surface area contributed by atoms with Gasteiger partial charge in [-0.3, -0.25) is 0 Å². The van der Waals surface area contributed by atoms with E-state index in [-0.39, 0.29) is 12.7 Å². The smallest absolute Gasteiger partial charge is 0.161 e. The van der Waals surface area contributed by atoms with E-state index in [1.165, 1.54) is 0 Å². The van der Waals surface area contributed by atoms with Crippen LogP contribution < -0.4 is 9.47 Å². The number of rotatable bonds is 5. The maximum absolute atomic E-state index is 9.12. The molecule has 0 heterocycles. The largest absolute Gasteiger partial charge is 0.493 e. The third-order valence-corrected chi connectivity index (χ3v) is 3.62. The molecule has 1 aromatic rings. The van der Waals surface area contributed by atoms with E-state index in [2.05, 4.69) is 0 Å². The number of hydrogen-bond acceptors (Lipinski definition) is 4. The van der Waals surface area contributed by atoms with Crippen LogP contribution in [-0.2, 0) is 11.3 Å². The Morgan fingerprint density at radius 3 is 2.63 bits per heavy atom. The van der Waals surface area contributed by atoms with Gasteiger partial charge in [0.1, 0.15) is 6.10 Å².